The van der Waals surface area contributed by atoms with Crippen molar-refractivity contribution in [3.63, 3.8) is 0 Å². The fraction of sp³-hybridized carbons (Fsp3) is 0.154. The van der Waals surface area contributed by atoms with Gasteiger partial charge >= 0.3 is 0 Å². The molecule has 0 radical (unpaired) electrons. The molecule has 0 aliphatic rings. The van der Waals surface area contributed by atoms with Crippen LogP contribution >= 0.6 is 0 Å². The van der Waals surface area contributed by atoms with E-state index in [0.29, 0.717) is 11.3 Å². The van der Waals surface area contributed by atoms with Crippen molar-refractivity contribution in [3.05, 3.63) is 42.1 Å². The number of hydrogen-bond acceptors (Lipinski definition) is 2. The van der Waals surface area contributed by atoms with Crippen molar-refractivity contribution in [2.75, 3.05) is 0 Å². The van der Waals surface area contributed by atoms with Crippen LogP contribution in [0.2, 0.25) is 0 Å². The van der Waals surface area contributed by atoms with Crippen LogP contribution in [0, 0.1) is 5.82 Å². The number of nitrogens with one attached hydrogen (secondary N) is 2. The molecule has 0 aliphatic carbocycles. The van der Waals surface area contributed by atoms with Gasteiger partial charge in [-0.25, -0.2) is 9.37 Å². The minimum atomic E-state index is -0.259. The second kappa shape index (κ2) is 3.96. The molecular weight excluding hydrogens is 231 g/mol. The highest BCUT2D eigenvalue weighted by atomic mass is 19.1. The molecule has 18 heavy (non-hydrogen) atoms. The maximum atomic E-state index is 13.6. The van der Waals surface area contributed by atoms with Crippen LogP contribution in [0.1, 0.15) is 18.8 Å². The van der Waals surface area contributed by atoms with Crippen molar-refractivity contribution in [1.29, 1.82) is 0 Å². The van der Waals surface area contributed by atoms with Crippen LogP contribution in [-0.2, 0) is 0 Å². The molecule has 3 rings (SSSR count). The Bertz CT molecular complexity index is 696. The standard InChI is InChI=1S/C13H13FN4/c1-7(15)13-16-6-11(18-13)10-5-8-3-2-4-9(14)12(8)17-10/h2-7,17H,15H2,1H3,(H,16,18). The normalized spacial score (nSPS) is 13.1. The van der Waals surface area contributed by atoms with E-state index < -0.39 is 0 Å². The van der Waals surface area contributed by atoms with E-state index in [4.69, 9.17) is 5.73 Å². The topological polar surface area (TPSA) is 70.5 Å². The van der Waals surface area contributed by atoms with Crippen LogP contribution < -0.4 is 5.73 Å². The third kappa shape index (κ3) is 1.69. The number of nitrogens with zero attached hydrogens (tertiary/aromatic N) is 1. The lowest BCUT2D eigenvalue weighted by Gasteiger charge is -1.98. The molecule has 0 aliphatic heterocycles. The summed E-state index contributed by atoms with van der Waals surface area (Å²) in [5, 5.41) is 0.835. The summed E-state index contributed by atoms with van der Waals surface area (Å²) in [6.45, 7) is 1.85. The number of para-hydroxylation sites is 1. The molecule has 0 bridgehead atoms. The monoisotopic (exact) mass is 244 g/mol. The van der Waals surface area contributed by atoms with Crippen molar-refractivity contribution in [2.45, 2.75) is 13.0 Å². The van der Waals surface area contributed by atoms with Crippen LogP contribution in [-0.4, -0.2) is 15.0 Å². The summed E-state index contributed by atoms with van der Waals surface area (Å²) in [4.78, 5) is 10.4. The lowest BCUT2D eigenvalue weighted by atomic mass is 10.2. The quantitative estimate of drug-likeness (QED) is 0.648. The molecule has 1 atom stereocenters. The zero-order valence-electron chi connectivity index (χ0n) is 9.87. The minimum Gasteiger partial charge on any atom is -0.351 e. The van der Waals surface area contributed by atoms with E-state index in [9.17, 15) is 4.39 Å². The molecule has 0 amide bonds. The predicted molar refractivity (Wildman–Crippen MR) is 68.4 cm³/mol. The first kappa shape index (κ1) is 11.0. The van der Waals surface area contributed by atoms with Gasteiger partial charge in [0.1, 0.15) is 11.6 Å². The highest BCUT2D eigenvalue weighted by Crippen LogP contribution is 2.25. The van der Waals surface area contributed by atoms with E-state index in [1.165, 1.54) is 6.07 Å². The predicted octanol–water partition coefficient (Wildman–Crippen LogP) is 2.72. The van der Waals surface area contributed by atoms with Gasteiger partial charge in [-0.15, -0.1) is 0 Å². The third-order valence-electron chi connectivity index (χ3n) is 2.92. The molecule has 1 aromatic carbocycles. The fourth-order valence-corrected chi connectivity index (χ4v) is 1.97. The van der Waals surface area contributed by atoms with E-state index in [1.807, 2.05) is 19.1 Å². The van der Waals surface area contributed by atoms with Crippen LogP contribution in [0.25, 0.3) is 22.3 Å². The summed E-state index contributed by atoms with van der Waals surface area (Å²) in [7, 11) is 0. The van der Waals surface area contributed by atoms with Crippen LogP contribution in [0.4, 0.5) is 4.39 Å². The van der Waals surface area contributed by atoms with Crippen molar-refractivity contribution in [2.24, 2.45) is 5.73 Å². The van der Waals surface area contributed by atoms with Gasteiger partial charge in [-0.1, -0.05) is 12.1 Å². The molecule has 4 N–H and O–H groups in total. The van der Waals surface area contributed by atoms with Crippen molar-refractivity contribution >= 4 is 10.9 Å². The number of fused-ring (bicyclic) bond motifs is 1. The average Bonchev–Trinajstić information content (AvgIpc) is 2.95. The summed E-state index contributed by atoms with van der Waals surface area (Å²) < 4.78 is 13.6. The van der Waals surface area contributed by atoms with E-state index in [-0.39, 0.29) is 11.9 Å². The van der Waals surface area contributed by atoms with Crippen LogP contribution in [0.15, 0.2) is 30.5 Å². The molecule has 1 unspecified atom stereocenters. The first-order valence-corrected chi connectivity index (χ1v) is 5.73. The maximum Gasteiger partial charge on any atom is 0.147 e. The summed E-state index contributed by atoms with van der Waals surface area (Å²) in [6.07, 6.45) is 1.70. The number of aromatic nitrogens is 3. The number of rotatable bonds is 2. The molecule has 0 spiro atoms. The number of benzene rings is 1. The molecule has 3 aromatic rings. The zero-order chi connectivity index (χ0) is 12.7. The van der Waals surface area contributed by atoms with Crippen LogP contribution in [0.5, 0.6) is 0 Å². The Morgan fingerprint density at radius 1 is 1.28 bits per heavy atom. The number of aromatic amines is 2. The summed E-state index contributed by atoms with van der Waals surface area (Å²) in [5.41, 5.74) is 7.85. The van der Waals surface area contributed by atoms with Crippen LogP contribution in [0.3, 0.4) is 0 Å². The Morgan fingerprint density at radius 2 is 2.11 bits per heavy atom. The highest BCUT2D eigenvalue weighted by Gasteiger charge is 2.10. The molecule has 2 heterocycles. The van der Waals surface area contributed by atoms with Gasteiger partial charge in [-0.2, -0.15) is 0 Å². The van der Waals surface area contributed by atoms with Gasteiger partial charge in [0, 0.05) is 5.39 Å². The maximum absolute atomic E-state index is 13.6. The van der Waals surface area contributed by atoms with Gasteiger partial charge < -0.3 is 15.7 Å². The molecule has 92 valence electrons. The molecule has 2 aromatic heterocycles. The largest absolute Gasteiger partial charge is 0.351 e. The van der Waals surface area contributed by atoms with Gasteiger partial charge in [-0.3, -0.25) is 0 Å². The molecule has 0 fully saturated rings. The zero-order valence-corrected chi connectivity index (χ0v) is 9.87. The summed E-state index contributed by atoms with van der Waals surface area (Å²) >= 11 is 0. The van der Waals surface area contributed by atoms with Crippen molar-refractivity contribution in [3.8, 4) is 11.4 Å². The fourth-order valence-electron chi connectivity index (χ4n) is 1.97. The van der Waals surface area contributed by atoms with Crippen molar-refractivity contribution < 1.29 is 4.39 Å². The van der Waals surface area contributed by atoms with Crippen molar-refractivity contribution in [1.82, 2.24) is 15.0 Å². The number of nitrogens with two attached hydrogens (primary N) is 1. The van der Waals surface area contributed by atoms with Gasteiger partial charge in [0.2, 0.25) is 0 Å². The first-order chi connectivity index (χ1) is 8.65. The second-order valence-electron chi connectivity index (χ2n) is 4.36. The van der Waals surface area contributed by atoms with E-state index >= 15 is 0 Å². The lowest BCUT2D eigenvalue weighted by Crippen LogP contribution is -2.06. The van der Waals surface area contributed by atoms with Gasteiger partial charge in [0.15, 0.2) is 0 Å². The Kier molecular flexibility index (Phi) is 2.41. The Morgan fingerprint density at radius 3 is 2.78 bits per heavy atom. The number of hydrogen-bond donors (Lipinski definition) is 3. The lowest BCUT2D eigenvalue weighted by molar-refractivity contribution is 0.637. The number of imidazole rings is 1. The second-order valence-corrected chi connectivity index (χ2v) is 4.36. The molecule has 0 saturated heterocycles. The number of halogens is 1. The smallest absolute Gasteiger partial charge is 0.147 e. The Labute approximate surface area is 103 Å². The molecule has 0 saturated carbocycles. The SMILES string of the molecule is CC(N)c1ncc(-c2cc3cccc(F)c3[nH]2)[nH]1. The Hall–Kier alpha value is -2.14. The first-order valence-electron chi connectivity index (χ1n) is 5.73. The molecular formula is C13H13FN4. The summed E-state index contributed by atoms with van der Waals surface area (Å²) in [5.74, 6) is 0.454. The van der Waals surface area contributed by atoms with Gasteiger partial charge in [0.05, 0.1) is 29.1 Å². The Balaban J connectivity index is 2.10. The molecule has 5 heteroatoms. The van der Waals surface area contributed by atoms with E-state index in [0.717, 1.165) is 16.8 Å². The van der Waals surface area contributed by atoms with Gasteiger partial charge in [0.25, 0.3) is 0 Å². The highest BCUT2D eigenvalue weighted by molar-refractivity contribution is 5.85. The van der Waals surface area contributed by atoms with Gasteiger partial charge in [-0.05, 0) is 19.1 Å². The average molecular weight is 244 g/mol. The third-order valence-corrected chi connectivity index (χ3v) is 2.92. The minimum absolute atomic E-state index is 0.153. The van der Waals surface area contributed by atoms with E-state index in [1.54, 1.807) is 12.3 Å². The van der Waals surface area contributed by atoms with E-state index in [2.05, 4.69) is 15.0 Å². The molecule has 4 nitrogen and oxygen atoms in total. The number of H-pyrrole nitrogens is 2. The summed E-state index contributed by atoms with van der Waals surface area (Å²) in [6, 6.07) is 6.72.